The largest absolute Gasteiger partial charge is 0.377 e. The second-order valence-electron chi connectivity index (χ2n) is 5.66. The van der Waals surface area contributed by atoms with Crippen molar-refractivity contribution in [2.24, 2.45) is 5.92 Å². The summed E-state index contributed by atoms with van der Waals surface area (Å²) in [6.07, 6.45) is 4.90. The number of likely N-dealkylation sites (N-methyl/N-ethyl adjacent to an activating group) is 1. The normalized spacial score (nSPS) is 32.1. The highest BCUT2D eigenvalue weighted by Crippen LogP contribution is 2.45. The average molecular weight is 247 g/mol. The van der Waals surface area contributed by atoms with E-state index in [-0.39, 0.29) is 30.4 Å². The SMILES string of the molecule is CNC(CC1CCC(F)(F)C1)C1(OC)CCC1. The zero-order valence-corrected chi connectivity index (χ0v) is 10.8. The standard InChI is InChI=1S/C13H23F2NO/c1-16-11(12(17-2)5-3-6-12)8-10-4-7-13(14,15)9-10/h10-11,16H,3-9H2,1-2H3. The van der Waals surface area contributed by atoms with E-state index in [1.165, 1.54) is 6.42 Å². The molecule has 0 aromatic rings. The van der Waals surface area contributed by atoms with Crippen LogP contribution in [0.3, 0.4) is 0 Å². The number of rotatable bonds is 5. The number of methoxy groups -OCH3 is 1. The van der Waals surface area contributed by atoms with Gasteiger partial charge in [-0.1, -0.05) is 0 Å². The van der Waals surface area contributed by atoms with Gasteiger partial charge < -0.3 is 10.1 Å². The lowest BCUT2D eigenvalue weighted by Gasteiger charge is -2.47. The van der Waals surface area contributed by atoms with E-state index in [0.717, 1.165) is 19.3 Å². The highest BCUT2D eigenvalue weighted by Gasteiger charge is 2.47. The first-order chi connectivity index (χ1) is 8.01. The first-order valence-corrected chi connectivity index (χ1v) is 6.61. The molecule has 0 bridgehead atoms. The van der Waals surface area contributed by atoms with E-state index in [1.807, 2.05) is 7.05 Å². The van der Waals surface area contributed by atoms with Crippen LogP contribution in [0.4, 0.5) is 8.78 Å². The number of alkyl halides is 2. The van der Waals surface area contributed by atoms with Crippen LogP contribution in [-0.4, -0.2) is 31.7 Å². The predicted octanol–water partition coefficient (Wildman–Crippen LogP) is 2.97. The Balaban J connectivity index is 1.92. The van der Waals surface area contributed by atoms with Gasteiger partial charge in [0, 0.05) is 26.0 Å². The molecule has 17 heavy (non-hydrogen) atoms. The fourth-order valence-corrected chi connectivity index (χ4v) is 3.39. The summed E-state index contributed by atoms with van der Waals surface area (Å²) < 4.78 is 32.0. The Labute approximate surface area is 102 Å². The van der Waals surface area contributed by atoms with Crippen LogP contribution in [-0.2, 0) is 4.74 Å². The molecule has 2 aliphatic carbocycles. The Kier molecular flexibility index (Phi) is 3.74. The molecule has 0 radical (unpaired) electrons. The molecule has 2 atom stereocenters. The molecule has 2 nitrogen and oxygen atoms in total. The van der Waals surface area contributed by atoms with Gasteiger partial charge in [0.15, 0.2) is 0 Å². The number of ether oxygens (including phenoxy) is 1. The minimum atomic E-state index is -2.43. The van der Waals surface area contributed by atoms with Crippen LogP contribution in [0.15, 0.2) is 0 Å². The van der Waals surface area contributed by atoms with Gasteiger partial charge in [-0.05, 0) is 45.1 Å². The summed E-state index contributed by atoms with van der Waals surface area (Å²) in [6, 6.07) is 0.222. The highest BCUT2D eigenvalue weighted by atomic mass is 19.3. The summed E-state index contributed by atoms with van der Waals surface area (Å²) in [5.74, 6) is -2.28. The van der Waals surface area contributed by atoms with Crippen molar-refractivity contribution < 1.29 is 13.5 Å². The third kappa shape index (κ3) is 2.63. The molecule has 0 amide bonds. The molecular weight excluding hydrogens is 224 g/mol. The van der Waals surface area contributed by atoms with Crippen LogP contribution < -0.4 is 5.32 Å². The average Bonchev–Trinajstić information content (AvgIpc) is 2.55. The smallest absolute Gasteiger partial charge is 0.248 e. The quantitative estimate of drug-likeness (QED) is 0.806. The molecule has 2 fully saturated rings. The Morgan fingerprint density at radius 2 is 2.06 bits per heavy atom. The summed E-state index contributed by atoms with van der Waals surface area (Å²) in [5.41, 5.74) is -0.0906. The molecule has 0 aromatic carbocycles. The van der Waals surface area contributed by atoms with Crippen LogP contribution in [0.25, 0.3) is 0 Å². The fourth-order valence-electron chi connectivity index (χ4n) is 3.39. The van der Waals surface area contributed by atoms with E-state index in [4.69, 9.17) is 4.74 Å². The van der Waals surface area contributed by atoms with E-state index in [2.05, 4.69) is 5.32 Å². The van der Waals surface area contributed by atoms with Gasteiger partial charge in [0.1, 0.15) is 0 Å². The summed E-state index contributed by atoms with van der Waals surface area (Å²) in [5, 5.41) is 3.28. The van der Waals surface area contributed by atoms with Gasteiger partial charge in [-0.2, -0.15) is 0 Å². The molecule has 0 aliphatic heterocycles. The Morgan fingerprint density at radius 1 is 1.35 bits per heavy atom. The van der Waals surface area contributed by atoms with Crippen molar-refractivity contribution in [2.75, 3.05) is 14.2 Å². The van der Waals surface area contributed by atoms with E-state index < -0.39 is 5.92 Å². The fraction of sp³-hybridized carbons (Fsp3) is 1.00. The monoisotopic (exact) mass is 247 g/mol. The zero-order valence-electron chi connectivity index (χ0n) is 10.8. The second-order valence-corrected chi connectivity index (χ2v) is 5.66. The Morgan fingerprint density at radius 3 is 2.41 bits per heavy atom. The lowest BCUT2D eigenvalue weighted by Crippen LogP contribution is -2.56. The number of halogens is 2. The maximum absolute atomic E-state index is 13.2. The van der Waals surface area contributed by atoms with Crippen molar-refractivity contribution in [1.82, 2.24) is 5.32 Å². The van der Waals surface area contributed by atoms with Crippen LogP contribution in [0.2, 0.25) is 0 Å². The lowest BCUT2D eigenvalue weighted by atomic mass is 9.72. The van der Waals surface area contributed by atoms with Crippen molar-refractivity contribution in [3.8, 4) is 0 Å². The molecule has 2 saturated carbocycles. The van der Waals surface area contributed by atoms with Gasteiger partial charge >= 0.3 is 0 Å². The number of nitrogens with one attached hydrogen (secondary N) is 1. The van der Waals surface area contributed by atoms with E-state index >= 15 is 0 Å². The predicted molar refractivity (Wildman–Crippen MR) is 63.3 cm³/mol. The van der Waals surface area contributed by atoms with Crippen LogP contribution in [0, 0.1) is 5.92 Å². The molecule has 2 rings (SSSR count). The van der Waals surface area contributed by atoms with Gasteiger partial charge in [0.2, 0.25) is 5.92 Å². The Bertz CT molecular complexity index is 261. The van der Waals surface area contributed by atoms with Crippen molar-refractivity contribution in [3.05, 3.63) is 0 Å². The molecule has 0 heterocycles. The minimum absolute atomic E-state index is 0.0605. The Hall–Kier alpha value is -0.220. The third-order valence-corrected chi connectivity index (χ3v) is 4.66. The zero-order chi connectivity index (χ0) is 12.5. The summed E-state index contributed by atoms with van der Waals surface area (Å²) in [7, 11) is 3.66. The summed E-state index contributed by atoms with van der Waals surface area (Å²) in [6.45, 7) is 0. The van der Waals surface area contributed by atoms with Gasteiger partial charge in [0.05, 0.1) is 5.60 Å². The molecule has 4 heteroatoms. The molecule has 2 unspecified atom stereocenters. The van der Waals surface area contributed by atoms with Crippen molar-refractivity contribution >= 4 is 0 Å². The molecule has 2 aliphatic rings. The molecule has 0 aromatic heterocycles. The number of hydrogen-bond acceptors (Lipinski definition) is 2. The first-order valence-electron chi connectivity index (χ1n) is 6.61. The molecular formula is C13H23F2NO. The third-order valence-electron chi connectivity index (χ3n) is 4.66. The van der Waals surface area contributed by atoms with Crippen LogP contribution >= 0.6 is 0 Å². The van der Waals surface area contributed by atoms with Crippen molar-refractivity contribution in [2.45, 2.75) is 62.5 Å². The van der Waals surface area contributed by atoms with Crippen LogP contribution in [0.1, 0.15) is 44.9 Å². The molecule has 0 saturated heterocycles. The van der Waals surface area contributed by atoms with Gasteiger partial charge in [-0.3, -0.25) is 0 Å². The maximum atomic E-state index is 13.2. The van der Waals surface area contributed by atoms with E-state index in [1.54, 1.807) is 7.11 Å². The maximum Gasteiger partial charge on any atom is 0.248 e. The first kappa shape index (κ1) is 13.2. The highest BCUT2D eigenvalue weighted by molar-refractivity contribution is 5.00. The van der Waals surface area contributed by atoms with Crippen molar-refractivity contribution in [1.29, 1.82) is 0 Å². The topological polar surface area (TPSA) is 21.3 Å². The van der Waals surface area contributed by atoms with E-state index in [9.17, 15) is 8.78 Å². The van der Waals surface area contributed by atoms with Crippen LogP contribution in [0.5, 0.6) is 0 Å². The minimum Gasteiger partial charge on any atom is -0.377 e. The number of hydrogen-bond donors (Lipinski definition) is 1. The lowest BCUT2D eigenvalue weighted by molar-refractivity contribution is -0.102. The van der Waals surface area contributed by atoms with E-state index in [0.29, 0.717) is 6.42 Å². The van der Waals surface area contributed by atoms with Gasteiger partial charge in [-0.25, -0.2) is 8.78 Å². The van der Waals surface area contributed by atoms with Crippen molar-refractivity contribution in [3.63, 3.8) is 0 Å². The molecule has 1 N–H and O–H groups in total. The second kappa shape index (κ2) is 4.81. The summed E-state index contributed by atoms with van der Waals surface area (Å²) in [4.78, 5) is 0. The molecule has 100 valence electrons. The van der Waals surface area contributed by atoms with Gasteiger partial charge in [-0.15, -0.1) is 0 Å². The van der Waals surface area contributed by atoms with Gasteiger partial charge in [0.25, 0.3) is 0 Å². The molecule has 0 spiro atoms. The summed E-state index contributed by atoms with van der Waals surface area (Å²) >= 11 is 0.